The fraction of sp³-hybridized carbons (Fsp3) is 0.609. The lowest BCUT2D eigenvalue weighted by Gasteiger charge is -2.20. The van der Waals surface area contributed by atoms with Gasteiger partial charge in [0.1, 0.15) is 5.75 Å². The van der Waals surface area contributed by atoms with E-state index in [1.807, 2.05) is 7.05 Å². The normalized spacial score (nSPS) is 18.8. The van der Waals surface area contributed by atoms with Crippen LogP contribution in [0.1, 0.15) is 49.9 Å². The number of hydrogen-bond acceptors (Lipinski definition) is 4. The average molecular weight is 368 g/mol. The van der Waals surface area contributed by atoms with Crippen molar-refractivity contribution in [3.05, 3.63) is 29.0 Å². The molecule has 2 aromatic rings. The first-order valence-corrected chi connectivity index (χ1v) is 10.5. The molecule has 0 spiro atoms. The molecule has 1 aromatic carbocycles. The highest BCUT2D eigenvalue weighted by Crippen LogP contribution is 2.36. The van der Waals surface area contributed by atoms with Crippen LogP contribution in [0.25, 0.3) is 10.9 Å². The van der Waals surface area contributed by atoms with Gasteiger partial charge >= 0.3 is 0 Å². The number of aryl methyl sites for hydroxylation is 2. The van der Waals surface area contributed by atoms with Crippen LogP contribution in [-0.2, 0) is 12.8 Å². The highest BCUT2D eigenvalue weighted by Gasteiger charge is 2.28. The highest BCUT2D eigenvalue weighted by atomic mass is 16.5. The summed E-state index contributed by atoms with van der Waals surface area (Å²) in [7, 11) is 1.97. The SMILES string of the molecule is CNc1cc2c3c(c(C)nc2cc1OCCCN1CCC(C)(C)C1)CCC3. The third-order valence-corrected chi connectivity index (χ3v) is 6.27. The molecular formula is C23H33N3O. The number of hydrogen-bond donors (Lipinski definition) is 1. The van der Waals surface area contributed by atoms with Gasteiger partial charge in [-0.15, -0.1) is 0 Å². The number of likely N-dealkylation sites (tertiary alicyclic amines) is 1. The van der Waals surface area contributed by atoms with E-state index in [1.165, 1.54) is 61.0 Å². The molecule has 146 valence electrons. The number of nitrogens with zero attached hydrogens (tertiary/aromatic N) is 2. The molecule has 1 aromatic heterocycles. The first-order chi connectivity index (χ1) is 13.0. The van der Waals surface area contributed by atoms with Crippen LogP contribution >= 0.6 is 0 Å². The third-order valence-electron chi connectivity index (χ3n) is 6.27. The molecule has 2 aliphatic rings. The molecule has 4 nitrogen and oxygen atoms in total. The minimum Gasteiger partial charge on any atom is -0.491 e. The topological polar surface area (TPSA) is 37.4 Å². The van der Waals surface area contributed by atoms with Crippen LogP contribution in [0.4, 0.5) is 5.69 Å². The second-order valence-electron chi connectivity index (χ2n) is 9.02. The van der Waals surface area contributed by atoms with E-state index in [1.54, 1.807) is 0 Å². The van der Waals surface area contributed by atoms with Gasteiger partial charge in [-0.05, 0) is 68.2 Å². The molecule has 1 saturated heterocycles. The first kappa shape index (κ1) is 18.5. The maximum Gasteiger partial charge on any atom is 0.144 e. The summed E-state index contributed by atoms with van der Waals surface area (Å²) < 4.78 is 6.18. The number of nitrogens with one attached hydrogen (secondary N) is 1. The second-order valence-corrected chi connectivity index (χ2v) is 9.02. The number of anilines is 1. The van der Waals surface area contributed by atoms with Gasteiger partial charge in [0.2, 0.25) is 0 Å². The Hall–Kier alpha value is -1.81. The van der Waals surface area contributed by atoms with Gasteiger partial charge in [0.05, 0.1) is 17.8 Å². The van der Waals surface area contributed by atoms with Gasteiger partial charge in [-0.1, -0.05) is 13.8 Å². The van der Waals surface area contributed by atoms with Gasteiger partial charge in [-0.3, -0.25) is 4.98 Å². The minimum atomic E-state index is 0.474. The van der Waals surface area contributed by atoms with E-state index >= 15 is 0 Å². The molecule has 0 radical (unpaired) electrons. The van der Waals surface area contributed by atoms with Gasteiger partial charge in [-0.25, -0.2) is 0 Å². The van der Waals surface area contributed by atoms with E-state index in [0.29, 0.717) is 5.41 Å². The summed E-state index contributed by atoms with van der Waals surface area (Å²) in [6.45, 7) is 11.2. The molecular weight excluding hydrogens is 334 g/mol. The lowest BCUT2D eigenvalue weighted by molar-refractivity contribution is 0.248. The summed E-state index contributed by atoms with van der Waals surface area (Å²) >= 11 is 0. The molecule has 4 heteroatoms. The molecule has 0 amide bonds. The van der Waals surface area contributed by atoms with Crippen molar-refractivity contribution in [1.29, 1.82) is 0 Å². The average Bonchev–Trinajstić information content (AvgIpc) is 3.25. The molecule has 0 saturated carbocycles. The number of fused-ring (bicyclic) bond motifs is 3. The molecule has 0 atom stereocenters. The molecule has 0 unspecified atom stereocenters. The summed E-state index contributed by atoms with van der Waals surface area (Å²) in [5.41, 5.74) is 6.77. The van der Waals surface area contributed by atoms with Crippen LogP contribution in [0.15, 0.2) is 12.1 Å². The van der Waals surface area contributed by atoms with Crippen molar-refractivity contribution in [1.82, 2.24) is 9.88 Å². The third kappa shape index (κ3) is 3.77. The molecule has 1 N–H and O–H groups in total. The number of rotatable bonds is 6. The Balaban J connectivity index is 1.46. The Kier molecular flexibility index (Phi) is 5.02. The molecule has 1 aliphatic heterocycles. The predicted octanol–water partition coefficient (Wildman–Crippen LogP) is 4.57. The van der Waals surface area contributed by atoms with E-state index < -0.39 is 0 Å². The van der Waals surface area contributed by atoms with E-state index in [9.17, 15) is 0 Å². The van der Waals surface area contributed by atoms with Crippen molar-refractivity contribution >= 4 is 16.6 Å². The van der Waals surface area contributed by atoms with E-state index in [4.69, 9.17) is 9.72 Å². The van der Waals surface area contributed by atoms with Crippen molar-refractivity contribution in [2.75, 3.05) is 38.6 Å². The minimum absolute atomic E-state index is 0.474. The van der Waals surface area contributed by atoms with Gasteiger partial charge in [0, 0.05) is 37.3 Å². The highest BCUT2D eigenvalue weighted by molar-refractivity contribution is 5.90. The van der Waals surface area contributed by atoms with E-state index in [-0.39, 0.29) is 0 Å². The zero-order valence-corrected chi connectivity index (χ0v) is 17.3. The van der Waals surface area contributed by atoms with Gasteiger partial charge in [0.25, 0.3) is 0 Å². The van der Waals surface area contributed by atoms with Crippen molar-refractivity contribution in [2.45, 2.75) is 52.9 Å². The Morgan fingerprint density at radius 1 is 1.22 bits per heavy atom. The standard InChI is InChI=1S/C23H33N3O/c1-16-17-7-5-8-18(17)19-13-21(24-4)22(14-20(19)25-16)27-12-6-10-26-11-9-23(2,3)15-26/h13-14,24H,5-12,15H2,1-4H3. The molecule has 0 bridgehead atoms. The molecule has 27 heavy (non-hydrogen) atoms. The van der Waals surface area contributed by atoms with E-state index in [0.717, 1.165) is 36.5 Å². The first-order valence-electron chi connectivity index (χ1n) is 10.5. The van der Waals surface area contributed by atoms with Gasteiger partial charge in [0.15, 0.2) is 0 Å². The van der Waals surface area contributed by atoms with Crippen LogP contribution in [0.3, 0.4) is 0 Å². The monoisotopic (exact) mass is 367 g/mol. The smallest absolute Gasteiger partial charge is 0.144 e. The van der Waals surface area contributed by atoms with Gasteiger partial charge < -0.3 is 15.0 Å². The van der Waals surface area contributed by atoms with Crippen LogP contribution in [0.2, 0.25) is 0 Å². The Morgan fingerprint density at radius 2 is 2.04 bits per heavy atom. The summed E-state index contributed by atoms with van der Waals surface area (Å²) in [4.78, 5) is 7.44. The van der Waals surface area contributed by atoms with E-state index in [2.05, 4.69) is 43.1 Å². The summed E-state index contributed by atoms with van der Waals surface area (Å²) in [6, 6.07) is 4.37. The van der Waals surface area contributed by atoms with Crippen molar-refractivity contribution < 1.29 is 4.74 Å². The zero-order valence-electron chi connectivity index (χ0n) is 17.3. The summed E-state index contributed by atoms with van der Waals surface area (Å²) in [6.07, 6.45) is 5.96. The molecule has 2 heterocycles. The lowest BCUT2D eigenvalue weighted by atomic mass is 9.93. The fourth-order valence-corrected chi connectivity index (χ4v) is 4.79. The molecule has 4 rings (SSSR count). The van der Waals surface area contributed by atoms with Crippen molar-refractivity contribution in [3.63, 3.8) is 0 Å². The van der Waals surface area contributed by atoms with Crippen molar-refractivity contribution in [3.8, 4) is 5.75 Å². The summed E-state index contributed by atoms with van der Waals surface area (Å²) in [5.74, 6) is 0.927. The maximum absolute atomic E-state index is 6.18. The Bertz CT molecular complexity index is 843. The number of benzene rings is 1. The quantitative estimate of drug-likeness (QED) is 0.759. The number of aromatic nitrogens is 1. The van der Waals surface area contributed by atoms with Crippen LogP contribution in [0, 0.1) is 12.3 Å². The number of pyridine rings is 1. The maximum atomic E-state index is 6.18. The van der Waals surface area contributed by atoms with Crippen LogP contribution < -0.4 is 10.1 Å². The Labute approximate surface area is 163 Å². The number of ether oxygens (including phenoxy) is 1. The van der Waals surface area contributed by atoms with Crippen molar-refractivity contribution in [2.24, 2.45) is 5.41 Å². The zero-order chi connectivity index (χ0) is 19.0. The largest absolute Gasteiger partial charge is 0.491 e. The Morgan fingerprint density at radius 3 is 2.78 bits per heavy atom. The summed E-state index contributed by atoms with van der Waals surface area (Å²) in [5, 5.41) is 4.62. The second kappa shape index (κ2) is 7.31. The van der Waals surface area contributed by atoms with Crippen LogP contribution in [0.5, 0.6) is 5.75 Å². The lowest BCUT2D eigenvalue weighted by Crippen LogP contribution is -2.25. The van der Waals surface area contributed by atoms with Crippen LogP contribution in [-0.4, -0.2) is 43.2 Å². The predicted molar refractivity (Wildman–Crippen MR) is 113 cm³/mol. The molecule has 1 fully saturated rings. The molecule has 1 aliphatic carbocycles. The van der Waals surface area contributed by atoms with Gasteiger partial charge in [-0.2, -0.15) is 0 Å². The fourth-order valence-electron chi connectivity index (χ4n) is 4.79.